The van der Waals surface area contributed by atoms with Crippen molar-refractivity contribution < 1.29 is 15.7 Å². The molecule has 1 aliphatic carbocycles. The van der Waals surface area contributed by atoms with Gasteiger partial charge in [-0.3, -0.25) is 0 Å². The zero-order valence-electron chi connectivity index (χ0n) is 9.93. The van der Waals surface area contributed by atoms with Crippen LogP contribution in [0.5, 0.6) is 0 Å². The van der Waals surface area contributed by atoms with Gasteiger partial charge in [-0.2, -0.15) is 0 Å². The summed E-state index contributed by atoms with van der Waals surface area (Å²) in [7, 11) is 6.14. The zero-order valence-corrected chi connectivity index (χ0v) is 12.4. The van der Waals surface area contributed by atoms with E-state index in [0.29, 0.717) is 0 Å². The molecule has 0 aliphatic heterocycles. The number of allylic oxidation sites excluding steroid dienone is 1. The van der Waals surface area contributed by atoms with Crippen molar-refractivity contribution in [2.24, 2.45) is 0 Å². The van der Waals surface area contributed by atoms with Crippen LogP contribution in [0, 0.1) is 6.92 Å². The standard InChI is InChI=1S/C16H12.ClH.Ru/c1-12-6-2-4-8-14(12)16-11-10-13-7-3-5-9-15(13)16;;/h2-9,11H,1H3;1H;/q;;+1/p-1. The van der Waals surface area contributed by atoms with E-state index in [-0.39, 0.29) is 15.7 Å². The van der Waals surface area contributed by atoms with Gasteiger partial charge in [0.2, 0.25) is 0 Å². The van der Waals surface area contributed by atoms with Gasteiger partial charge in [0, 0.05) is 0 Å². The summed E-state index contributed by atoms with van der Waals surface area (Å²) in [5, 5.41) is 0. The molecular weight excluding hydrogens is 329 g/mol. The first kappa shape index (κ1) is 12.0. The van der Waals surface area contributed by atoms with Crippen molar-refractivity contribution in [2.45, 2.75) is 6.92 Å². The topological polar surface area (TPSA) is 0 Å². The maximum atomic E-state index is 6.14. The van der Waals surface area contributed by atoms with E-state index in [1.807, 2.05) is 0 Å². The molecule has 2 aromatic carbocycles. The van der Waals surface area contributed by atoms with E-state index >= 15 is 0 Å². The van der Waals surface area contributed by atoms with Gasteiger partial charge >= 0.3 is 119 Å². The predicted molar refractivity (Wildman–Crippen MR) is 74.7 cm³/mol. The van der Waals surface area contributed by atoms with Gasteiger partial charge in [-0.15, -0.1) is 0 Å². The van der Waals surface area contributed by atoms with Crippen molar-refractivity contribution in [3.63, 3.8) is 0 Å². The van der Waals surface area contributed by atoms with Crippen molar-refractivity contribution in [2.75, 3.05) is 0 Å². The Balaban J connectivity index is 2.24. The fourth-order valence-electron chi connectivity index (χ4n) is 2.35. The van der Waals surface area contributed by atoms with E-state index < -0.39 is 0 Å². The summed E-state index contributed by atoms with van der Waals surface area (Å²) in [5.41, 5.74) is 6.56. The Morgan fingerprint density at radius 3 is 2.11 bits per heavy atom. The van der Waals surface area contributed by atoms with E-state index in [9.17, 15) is 0 Å². The van der Waals surface area contributed by atoms with Crippen molar-refractivity contribution in [3.05, 3.63) is 76.9 Å². The Hall–Kier alpha value is -1.04. The second kappa shape index (κ2) is 4.92. The number of fused-ring (bicyclic) bond motifs is 1. The Bertz CT molecular complexity index is 668. The molecule has 18 heavy (non-hydrogen) atoms. The number of hydrogen-bond donors (Lipinski definition) is 0. The number of benzene rings is 2. The van der Waals surface area contributed by atoms with Gasteiger partial charge in [0.1, 0.15) is 0 Å². The molecule has 0 radical (unpaired) electrons. The van der Waals surface area contributed by atoms with Crippen molar-refractivity contribution in [1.29, 1.82) is 0 Å². The van der Waals surface area contributed by atoms with Crippen LogP contribution in [0.2, 0.25) is 0 Å². The van der Waals surface area contributed by atoms with Gasteiger partial charge < -0.3 is 0 Å². The molecule has 0 nitrogen and oxygen atoms in total. The third-order valence-corrected chi connectivity index (χ3v) is 5.17. The summed E-state index contributed by atoms with van der Waals surface area (Å²) in [6, 6.07) is 17.1. The van der Waals surface area contributed by atoms with Crippen LogP contribution in [0.15, 0.2) is 54.6 Å². The molecule has 91 valence electrons. The van der Waals surface area contributed by atoms with E-state index in [4.69, 9.17) is 9.69 Å². The summed E-state index contributed by atoms with van der Waals surface area (Å²) < 4.78 is 1.30. The predicted octanol–water partition coefficient (Wildman–Crippen LogP) is 4.20. The van der Waals surface area contributed by atoms with Gasteiger partial charge in [-0.05, 0) is 0 Å². The fraction of sp³-hybridized carbons (Fsp3) is 0.0625. The van der Waals surface area contributed by atoms with E-state index in [0.717, 1.165) is 0 Å². The summed E-state index contributed by atoms with van der Waals surface area (Å²) in [6.07, 6.45) is 2.26. The van der Waals surface area contributed by atoms with Crippen LogP contribution in [-0.4, -0.2) is 4.11 Å². The molecule has 2 aromatic rings. The molecule has 0 heterocycles. The first-order valence-corrected chi connectivity index (χ1v) is 8.90. The van der Waals surface area contributed by atoms with Gasteiger partial charge in [-0.25, -0.2) is 0 Å². The summed E-state index contributed by atoms with van der Waals surface area (Å²) >= 11 is -0.226. The molecule has 0 amide bonds. The molecule has 0 unspecified atom stereocenters. The van der Waals surface area contributed by atoms with Crippen molar-refractivity contribution in [3.8, 4) is 0 Å². The molecule has 0 spiro atoms. The van der Waals surface area contributed by atoms with Crippen LogP contribution in [0.4, 0.5) is 0 Å². The third kappa shape index (κ3) is 1.92. The molecule has 0 aromatic heterocycles. The molecule has 0 saturated heterocycles. The summed E-state index contributed by atoms with van der Waals surface area (Å²) in [6.45, 7) is 2.16. The Kier molecular flexibility index (Phi) is 3.28. The second-order valence-electron chi connectivity index (χ2n) is 4.32. The Morgan fingerprint density at radius 1 is 0.833 bits per heavy atom. The van der Waals surface area contributed by atoms with Crippen molar-refractivity contribution >= 4 is 19.4 Å². The van der Waals surface area contributed by atoms with Crippen LogP contribution < -0.4 is 0 Å². The number of rotatable bonds is 1. The molecule has 0 atom stereocenters. The van der Waals surface area contributed by atoms with Crippen LogP contribution >= 0.6 is 9.69 Å². The molecule has 3 rings (SSSR count). The Morgan fingerprint density at radius 2 is 1.44 bits per heavy atom. The van der Waals surface area contributed by atoms with Crippen LogP contribution in [0.1, 0.15) is 22.3 Å². The second-order valence-corrected chi connectivity index (χ2v) is 6.38. The number of hydrogen-bond acceptors (Lipinski definition) is 0. The SMILES string of the molecule is Cc1ccccc1C1=C[C](=[Ru][Cl])c2ccccc21. The van der Waals surface area contributed by atoms with Gasteiger partial charge in [0.25, 0.3) is 0 Å². The van der Waals surface area contributed by atoms with E-state index in [1.165, 1.54) is 31.9 Å². The maximum absolute atomic E-state index is 6.14. The van der Waals surface area contributed by atoms with Gasteiger partial charge in [-0.1, -0.05) is 0 Å². The average Bonchev–Trinajstić information content (AvgIpc) is 2.78. The Labute approximate surface area is 118 Å². The summed E-state index contributed by atoms with van der Waals surface area (Å²) in [4.78, 5) is 0. The number of halogens is 1. The fourth-order valence-corrected chi connectivity index (χ4v) is 3.91. The van der Waals surface area contributed by atoms with Crippen LogP contribution in [0.3, 0.4) is 0 Å². The summed E-state index contributed by atoms with van der Waals surface area (Å²) in [5.74, 6) is 0. The normalized spacial score (nSPS) is 16.1. The average molecular weight is 341 g/mol. The van der Waals surface area contributed by atoms with E-state index in [2.05, 4.69) is 61.5 Å². The zero-order chi connectivity index (χ0) is 12.5. The number of aryl methyl sites for hydroxylation is 1. The minimum atomic E-state index is -0.226. The molecule has 1 aliphatic rings. The first-order chi connectivity index (χ1) is 8.81. The van der Waals surface area contributed by atoms with Crippen LogP contribution in [0.25, 0.3) is 5.57 Å². The van der Waals surface area contributed by atoms with Crippen LogP contribution in [-0.2, 0) is 15.7 Å². The minimum absolute atomic E-state index is 0.226. The van der Waals surface area contributed by atoms with Gasteiger partial charge in [0.05, 0.1) is 0 Å². The van der Waals surface area contributed by atoms with E-state index in [1.54, 1.807) is 0 Å². The molecular formula is C16H12ClRu. The molecule has 0 fully saturated rings. The molecule has 0 bridgehead atoms. The van der Waals surface area contributed by atoms with Gasteiger partial charge in [0.15, 0.2) is 0 Å². The monoisotopic (exact) mass is 341 g/mol. The third-order valence-electron chi connectivity index (χ3n) is 3.24. The van der Waals surface area contributed by atoms with Crippen molar-refractivity contribution in [1.82, 2.24) is 0 Å². The molecule has 0 saturated carbocycles. The molecule has 2 heteroatoms. The quantitative estimate of drug-likeness (QED) is 0.683. The molecule has 0 N–H and O–H groups in total. The first-order valence-electron chi connectivity index (χ1n) is 5.79.